The summed E-state index contributed by atoms with van der Waals surface area (Å²) in [6.07, 6.45) is 3.53. The maximum Gasteiger partial charge on any atom is 0.233 e. The number of aromatic nitrogens is 2. The van der Waals surface area contributed by atoms with Gasteiger partial charge in [-0.3, -0.25) is 4.79 Å². The Morgan fingerprint density at radius 3 is 2.34 bits per heavy atom. The lowest BCUT2D eigenvalue weighted by molar-refractivity contribution is -0.128. The lowest BCUT2D eigenvalue weighted by Crippen LogP contribution is -2.31. The van der Waals surface area contributed by atoms with Gasteiger partial charge in [-0.05, 0) is 42.7 Å². The molecule has 1 heterocycles. The van der Waals surface area contributed by atoms with Crippen molar-refractivity contribution in [3.8, 4) is 5.75 Å². The highest BCUT2D eigenvalue weighted by Gasteiger charge is 2.13. The number of amides is 1. The summed E-state index contributed by atoms with van der Waals surface area (Å²) in [7, 11) is 0. The van der Waals surface area contributed by atoms with Crippen LogP contribution in [0.1, 0.15) is 23.6 Å². The summed E-state index contributed by atoms with van der Waals surface area (Å²) in [4.78, 5) is 22.9. The van der Waals surface area contributed by atoms with Gasteiger partial charge in [-0.15, -0.1) is 0 Å². The number of nitrogens with zero attached hydrogens (tertiary/aromatic N) is 3. The SMILES string of the molecule is CCN(Cc1ccc(OCc2ccccc2)cc1)C(=O)CSc1ncc(C)cn1. The number of ether oxygens (including phenoxy) is 1. The summed E-state index contributed by atoms with van der Waals surface area (Å²) in [5.41, 5.74) is 3.21. The number of carbonyl (C=O) groups is 1. The Morgan fingerprint density at radius 1 is 1.00 bits per heavy atom. The van der Waals surface area contributed by atoms with Crippen molar-refractivity contribution in [1.82, 2.24) is 14.9 Å². The molecular formula is C23H25N3O2S. The predicted molar refractivity (Wildman–Crippen MR) is 116 cm³/mol. The summed E-state index contributed by atoms with van der Waals surface area (Å²) in [6.45, 7) is 5.70. The van der Waals surface area contributed by atoms with Crippen molar-refractivity contribution in [2.75, 3.05) is 12.3 Å². The van der Waals surface area contributed by atoms with Gasteiger partial charge in [0.05, 0.1) is 5.75 Å². The van der Waals surface area contributed by atoms with Gasteiger partial charge in [-0.25, -0.2) is 9.97 Å². The number of benzene rings is 2. The van der Waals surface area contributed by atoms with Crippen molar-refractivity contribution in [2.24, 2.45) is 0 Å². The van der Waals surface area contributed by atoms with Crippen molar-refractivity contribution in [3.63, 3.8) is 0 Å². The van der Waals surface area contributed by atoms with Gasteiger partial charge in [0, 0.05) is 25.5 Å². The van der Waals surface area contributed by atoms with Crippen LogP contribution in [0.4, 0.5) is 0 Å². The fraction of sp³-hybridized carbons (Fsp3) is 0.261. The standard InChI is InChI=1S/C23H25N3O2S/c1-3-26(22(27)17-29-23-24-13-18(2)14-25-23)15-19-9-11-21(12-10-19)28-16-20-7-5-4-6-8-20/h4-14H,3,15-17H2,1-2H3. The smallest absolute Gasteiger partial charge is 0.233 e. The normalized spacial score (nSPS) is 10.6. The van der Waals surface area contributed by atoms with E-state index < -0.39 is 0 Å². The van der Waals surface area contributed by atoms with Gasteiger partial charge in [0.25, 0.3) is 0 Å². The van der Waals surface area contributed by atoms with Crippen molar-refractivity contribution in [2.45, 2.75) is 32.2 Å². The predicted octanol–water partition coefficient (Wildman–Crippen LogP) is 4.50. The molecule has 0 N–H and O–H groups in total. The first-order valence-electron chi connectivity index (χ1n) is 9.59. The number of hydrogen-bond acceptors (Lipinski definition) is 5. The van der Waals surface area contributed by atoms with Gasteiger partial charge in [0.2, 0.25) is 5.91 Å². The molecule has 0 atom stereocenters. The first-order chi connectivity index (χ1) is 14.1. The van der Waals surface area contributed by atoms with Crippen LogP contribution in [0.3, 0.4) is 0 Å². The van der Waals surface area contributed by atoms with Gasteiger partial charge >= 0.3 is 0 Å². The summed E-state index contributed by atoms with van der Waals surface area (Å²) in [5, 5.41) is 0.625. The Kier molecular flexibility index (Phi) is 7.64. The molecule has 0 bridgehead atoms. The Labute approximate surface area is 176 Å². The zero-order chi connectivity index (χ0) is 20.5. The van der Waals surface area contributed by atoms with Gasteiger partial charge in [-0.1, -0.05) is 54.2 Å². The molecule has 0 radical (unpaired) electrons. The Balaban J connectivity index is 1.50. The summed E-state index contributed by atoms with van der Waals surface area (Å²) in [6, 6.07) is 18.0. The van der Waals surface area contributed by atoms with Gasteiger partial charge < -0.3 is 9.64 Å². The second-order valence-corrected chi connectivity index (χ2v) is 7.60. The molecule has 0 aliphatic carbocycles. The van der Waals surface area contributed by atoms with Crippen LogP contribution in [0.15, 0.2) is 72.1 Å². The number of aryl methyl sites for hydroxylation is 1. The molecule has 0 saturated heterocycles. The second kappa shape index (κ2) is 10.6. The van der Waals surface area contributed by atoms with Crippen molar-refractivity contribution < 1.29 is 9.53 Å². The third-order valence-electron chi connectivity index (χ3n) is 4.36. The van der Waals surface area contributed by atoms with E-state index >= 15 is 0 Å². The minimum absolute atomic E-state index is 0.0751. The molecule has 0 fully saturated rings. The molecule has 2 aromatic carbocycles. The monoisotopic (exact) mass is 407 g/mol. The van der Waals surface area contributed by atoms with Crippen LogP contribution in [-0.2, 0) is 17.9 Å². The minimum Gasteiger partial charge on any atom is -0.489 e. The van der Waals surface area contributed by atoms with Crippen molar-refractivity contribution in [3.05, 3.63) is 83.7 Å². The fourth-order valence-corrected chi connectivity index (χ4v) is 3.39. The minimum atomic E-state index is 0.0751. The van der Waals surface area contributed by atoms with E-state index in [1.807, 2.05) is 73.3 Å². The van der Waals surface area contributed by atoms with Gasteiger partial charge in [-0.2, -0.15) is 0 Å². The third kappa shape index (κ3) is 6.61. The number of carbonyl (C=O) groups excluding carboxylic acids is 1. The largest absolute Gasteiger partial charge is 0.489 e. The van der Waals surface area contributed by atoms with E-state index in [-0.39, 0.29) is 5.91 Å². The zero-order valence-electron chi connectivity index (χ0n) is 16.7. The molecule has 5 nitrogen and oxygen atoms in total. The van der Waals surface area contributed by atoms with E-state index in [0.29, 0.717) is 30.6 Å². The molecule has 6 heteroatoms. The van der Waals surface area contributed by atoms with Crippen LogP contribution >= 0.6 is 11.8 Å². The molecule has 3 rings (SSSR count). The lowest BCUT2D eigenvalue weighted by Gasteiger charge is -2.21. The molecule has 0 spiro atoms. The van der Waals surface area contributed by atoms with Crippen LogP contribution in [0, 0.1) is 6.92 Å². The lowest BCUT2D eigenvalue weighted by atomic mass is 10.2. The molecule has 150 valence electrons. The molecule has 0 saturated carbocycles. The van der Waals surface area contributed by atoms with Gasteiger partial charge in [0.1, 0.15) is 12.4 Å². The quantitative estimate of drug-likeness (QED) is 0.386. The van der Waals surface area contributed by atoms with E-state index in [4.69, 9.17) is 4.74 Å². The highest BCUT2D eigenvalue weighted by Crippen LogP contribution is 2.17. The molecule has 0 unspecified atom stereocenters. The molecule has 3 aromatic rings. The summed E-state index contributed by atoms with van der Waals surface area (Å²) < 4.78 is 5.82. The summed E-state index contributed by atoms with van der Waals surface area (Å²) in [5.74, 6) is 1.22. The van der Waals surface area contributed by atoms with Crippen LogP contribution in [0.5, 0.6) is 5.75 Å². The number of rotatable bonds is 9. The Hall–Kier alpha value is -2.86. The van der Waals surface area contributed by atoms with E-state index in [2.05, 4.69) is 9.97 Å². The van der Waals surface area contributed by atoms with Crippen molar-refractivity contribution >= 4 is 17.7 Å². The molecule has 1 aromatic heterocycles. The average Bonchev–Trinajstić information content (AvgIpc) is 2.77. The Morgan fingerprint density at radius 2 is 1.69 bits per heavy atom. The number of thioether (sulfide) groups is 1. The third-order valence-corrected chi connectivity index (χ3v) is 5.22. The second-order valence-electron chi connectivity index (χ2n) is 6.66. The van der Waals surface area contributed by atoms with Crippen LogP contribution in [0.25, 0.3) is 0 Å². The highest BCUT2D eigenvalue weighted by molar-refractivity contribution is 7.99. The van der Waals surface area contributed by atoms with Gasteiger partial charge in [0.15, 0.2) is 5.16 Å². The maximum atomic E-state index is 12.6. The van der Waals surface area contributed by atoms with E-state index in [1.165, 1.54) is 11.8 Å². The molecule has 1 amide bonds. The van der Waals surface area contributed by atoms with Crippen molar-refractivity contribution in [1.29, 1.82) is 0 Å². The molecule has 0 aliphatic rings. The van der Waals surface area contributed by atoms with Crippen LogP contribution in [0.2, 0.25) is 0 Å². The first kappa shape index (κ1) is 20.9. The first-order valence-corrected chi connectivity index (χ1v) is 10.6. The summed E-state index contributed by atoms with van der Waals surface area (Å²) >= 11 is 1.37. The Bertz CT molecular complexity index is 900. The highest BCUT2D eigenvalue weighted by atomic mass is 32.2. The molecule has 29 heavy (non-hydrogen) atoms. The number of hydrogen-bond donors (Lipinski definition) is 0. The van der Waals surface area contributed by atoms with E-state index in [9.17, 15) is 4.79 Å². The zero-order valence-corrected chi connectivity index (χ0v) is 17.6. The maximum absolute atomic E-state index is 12.6. The van der Waals surface area contributed by atoms with Crippen LogP contribution in [-0.4, -0.2) is 33.1 Å². The molecule has 0 aliphatic heterocycles. The van der Waals surface area contributed by atoms with E-state index in [0.717, 1.165) is 22.4 Å². The van der Waals surface area contributed by atoms with Crippen LogP contribution < -0.4 is 4.74 Å². The average molecular weight is 408 g/mol. The topological polar surface area (TPSA) is 55.3 Å². The molecular weight excluding hydrogens is 382 g/mol. The van der Waals surface area contributed by atoms with E-state index in [1.54, 1.807) is 12.4 Å². The fourth-order valence-electron chi connectivity index (χ4n) is 2.70.